The van der Waals surface area contributed by atoms with E-state index in [0.717, 1.165) is 30.6 Å². The number of aromatic nitrogens is 1. The summed E-state index contributed by atoms with van der Waals surface area (Å²) in [6, 6.07) is 5.68. The van der Waals surface area contributed by atoms with Gasteiger partial charge in [-0.15, -0.1) is 0 Å². The van der Waals surface area contributed by atoms with Crippen LogP contribution in [0.5, 0.6) is 0 Å². The van der Waals surface area contributed by atoms with Gasteiger partial charge in [0, 0.05) is 30.9 Å². The molecule has 1 aromatic rings. The number of anilines is 1. The minimum atomic E-state index is 0.516. The van der Waals surface area contributed by atoms with Crippen LogP contribution in [0.4, 0.5) is 5.82 Å². The van der Waals surface area contributed by atoms with Crippen molar-refractivity contribution in [3.05, 3.63) is 23.4 Å². The van der Waals surface area contributed by atoms with Crippen LogP contribution >= 0.6 is 0 Å². The quantitative estimate of drug-likeness (QED) is 0.816. The van der Waals surface area contributed by atoms with Gasteiger partial charge in [0.15, 0.2) is 0 Å². The van der Waals surface area contributed by atoms with Crippen LogP contribution in [0.15, 0.2) is 12.1 Å². The minimum Gasteiger partial charge on any atom is -0.354 e. The van der Waals surface area contributed by atoms with Crippen LogP contribution in [-0.4, -0.2) is 23.6 Å². The lowest BCUT2D eigenvalue weighted by Crippen LogP contribution is -2.28. The Hall–Kier alpha value is -1.09. The van der Waals surface area contributed by atoms with Crippen LogP contribution in [0.25, 0.3) is 0 Å². The summed E-state index contributed by atoms with van der Waals surface area (Å²) >= 11 is 0. The van der Waals surface area contributed by atoms with Crippen LogP contribution in [0.2, 0.25) is 0 Å². The van der Waals surface area contributed by atoms with E-state index in [1.54, 1.807) is 0 Å². The summed E-state index contributed by atoms with van der Waals surface area (Å²) < 4.78 is 0. The molecule has 1 heterocycles. The van der Waals surface area contributed by atoms with E-state index in [4.69, 9.17) is 4.98 Å². The number of hydrogen-bond donors (Lipinski definition) is 1. The topological polar surface area (TPSA) is 28.2 Å². The summed E-state index contributed by atoms with van der Waals surface area (Å²) in [5.74, 6) is 1.16. The first-order chi connectivity index (χ1) is 9.11. The molecule has 1 aromatic heterocycles. The Labute approximate surface area is 117 Å². The van der Waals surface area contributed by atoms with Gasteiger partial charge in [-0.25, -0.2) is 4.98 Å². The largest absolute Gasteiger partial charge is 0.354 e. The lowest BCUT2D eigenvalue weighted by atomic mass is 10.2. The second-order valence-corrected chi connectivity index (χ2v) is 5.87. The number of nitrogens with one attached hydrogen (secondary N) is 1. The van der Waals surface area contributed by atoms with Crippen molar-refractivity contribution < 1.29 is 0 Å². The molecule has 1 aliphatic rings. The van der Waals surface area contributed by atoms with Crippen molar-refractivity contribution in [1.29, 1.82) is 0 Å². The van der Waals surface area contributed by atoms with Crippen LogP contribution in [0.1, 0.15) is 51.3 Å². The predicted molar refractivity (Wildman–Crippen MR) is 81.6 cm³/mol. The lowest BCUT2D eigenvalue weighted by Gasteiger charge is -2.24. The summed E-state index contributed by atoms with van der Waals surface area (Å²) in [4.78, 5) is 7.30. The molecule has 106 valence electrons. The van der Waals surface area contributed by atoms with Crippen molar-refractivity contribution in [2.75, 3.05) is 11.4 Å². The summed E-state index contributed by atoms with van der Waals surface area (Å²) in [5, 5.41) is 3.46. The summed E-state index contributed by atoms with van der Waals surface area (Å²) in [5.41, 5.74) is 2.47. The van der Waals surface area contributed by atoms with Gasteiger partial charge in [-0.1, -0.05) is 26.8 Å². The van der Waals surface area contributed by atoms with E-state index < -0.39 is 0 Å². The fraction of sp³-hybridized carbons (Fsp3) is 0.688. The van der Waals surface area contributed by atoms with Crippen LogP contribution in [0, 0.1) is 6.92 Å². The molecule has 1 aliphatic carbocycles. The van der Waals surface area contributed by atoms with Crippen molar-refractivity contribution in [3.63, 3.8) is 0 Å². The number of hydrogen-bond acceptors (Lipinski definition) is 3. The average Bonchev–Trinajstić information content (AvgIpc) is 3.18. The molecule has 1 N–H and O–H groups in total. The highest BCUT2D eigenvalue weighted by Crippen LogP contribution is 2.31. The molecular formula is C16H27N3. The van der Waals surface area contributed by atoms with Crippen LogP contribution in [0.3, 0.4) is 0 Å². The molecule has 0 bridgehead atoms. The number of aryl methyl sites for hydroxylation is 1. The first-order valence-electron chi connectivity index (χ1n) is 7.58. The Morgan fingerprint density at radius 2 is 2.11 bits per heavy atom. The molecule has 3 nitrogen and oxygen atoms in total. The van der Waals surface area contributed by atoms with Gasteiger partial charge in [-0.05, 0) is 37.8 Å². The summed E-state index contributed by atoms with van der Waals surface area (Å²) in [6.45, 7) is 10.7. The van der Waals surface area contributed by atoms with Gasteiger partial charge in [-0.3, -0.25) is 0 Å². The molecule has 2 rings (SSSR count). The van der Waals surface area contributed by atoms with E-state index in [1.165, 1.54) is 24.8 Å². The standard InChI is InChI=1S/C16H27N3/c1-5-10-19(15-7-8-15)16-9-6-14(13(4)18-16)11-17-12(2)3/h6,9,12,15,17H,5,7-8,10-11H2,1-4H3. The predicted octanol–water partition coefficient (Wildman–Crippen LogP) is 3.27. The van der Waals surface area contributed by atoms with Gasteiger partial charge in [0.1, 0.15) is 5.82 Å². The van der Waals surface area contributed by atoms with Crippen molar-refractivity contribution >= 4 is 5.82 Å². The molecule has 0 aromatic carbocycles. The van der Waals surface area contributed by atoms with E-state index in [0.29, 0.717) is 6.04 Å². The molecule has 0 saturated heterocycles. The fourth-order valence-electron chi connectivity index (χ4n) is 2.35. The zero-order valence-corrected chi connectivity index (χ0v) is 12.7. The van der Waals surface area contributed by atoms with E-state index in [2.05, 4.69) is 50.0 Å². The normalized spacial score (nSPS) is 15.0. The molecule has 0 unspecified atom stereocenters. The Bertz CT molecular complexity index is 410. The average molecular weight is 261 g/mol. The minimum absolute atomic E-state index is 0.516. The van der Waals surface area contributed by atoms with Crippen molar-refractivity contribution in [1.82, 2.24) is 10.3 Å². The first kappa shape index (κ1) is 14.3. The Kier molecular flexibility index (Phi) is 4.81. The van der Waals surface area contributed by atoms with E-state index >= 15 is 0 Å². The molecule has 0 amide bonds. The van der Waals surface area contributed by atoms with Gasteiger partial charge >= 0.3 is 0 Å². The maximum Gasteiger partial charge on any atom is 0.129 e. The number of rotatable bonds is 7. The van der Waals surface area contributed by atoms with Gasteiger partial charge in [0.2, 0.25) is 0 Å². The van der Waals surface area contributed by atoms with E-state index in [1.807, 2.05) is 0 Å². The van der Waals surface area contributed by atoms with Gasteiger partial charge in [0.05, 0.1) is 0 Å². The molecule has 1 fully saturated rings. The van der Waals surface area contributed by atoms with Crippen molar-refractivity contribution in [3.8, 4) is 0 Å². The molecule has 3 heteroatoms. The molecular weight excluding hydrogens is 234 g/mol. The third-order valence-electron chi connectivity index (χ3n) is 3.63. The molecule has 0 spiro atoms. The van der Waals surface area contributed by atoms with Gasteiger partial charge in [-0.2, -0.15) is 0 Å². The van der Waals surface area contributed by atoms with Gasteiger partial charge in [0.25, 0.3) is 0 Å². The third kappa shape index (κ3) is 3.93. The fourth-order valence-corrected chi connectivity index (χ4v) is 2.35. The van der Waals surface area contributed by atoms with Crippen LogP contribution in [-0.2, 0) is 6.54 Å². The summed E-state index contributed by atoms with van der Waals surface area (Å²) in [7, 11) is 0. The second-order valence-electron chi connectivity index (χ2n) is 5.87. The molecule has 0 atom stereocenters. The van der Waals surface area contributed by atoms with E-state index in [-0.39, 0.29) is 0 Å². The number of nitrogens with zero attached hydrogens (tertiary/aromatic N) is 2. The molecule has 0 aliphatic heterocycles. The van der Waals surface area contributed by atoms with Crippen molar-refractivity contribution in [2.24, 2.45) is 0 Å². The molecule has 0 radical (unpaired) electrons. The highest BCUT2D eigenvalue weighted by Gasteiger charge is 2.29. The van der Waals surface area contributed by atoms with E-state index in [9.17, 15) is 0 Å². The zero-order valence-electron chi connectivity index (χ0n) is 12.7. The molecule has 1 saturated carbocycles. The maximum atomic E-state index is 4.82. The SMILES string of the molecule is CCCN(c1ccc(CNC(C)C)c(C)n1)C1CC1. The first-order valence-corrected chi connectivity index (χ1v) is 7.58. The van der Waals surface area contributed by atoms with Crippen molar-refractivity contribution in [2.45, 2.75) is 65.6 Å². The number of pyridine rings is 1. The zero-order chi connectivity index (χ0) is 13.8. The third-order valence-corrected chi connectivity index (χ3v) is 3.63. The second kappa shape index (κ2) is 6.38. The Balaban J connectivity index is 2.08. The smallest absolute Gasteiger partial charge is 0.129 e. The molecule has 19 heavy (non-hydrogen) atoms. The highest BCUT2D eigenvalue weighted by atomic mass is 15.2. The van der Waals surface area contributed by atoms with Crippen LogP contribution < -0.4 is 10.2 Å². The van der Waals surface area contributed by atoms with Gasteiger partial charge < -0.3 is 10.2 Å². The highest BCUT2D eigenvalue weighted by molar-refractivity contribution is 5.44. The monoisotopic (exact) mass is 261 g/mol. The maximum absolute atomic E-state index is 4.82. The lowest BCUT2D eigenvalue weighted by molar-refractivity contribution is 0.586. The summed E-state index contributed by atoms with van der Waals surface area (Å²) in [6.07, 6.45) is 3.85. The Morgan fingerprint density at radius 1 is 1.37 bits per heavy atom. The Morgan fingerprint density at radius 3 is 2.63 bits per heavy atom.